The summed E-state index contributed by atoms with van der Waals surface area (Å²) in [5, 5.41) is 10.9. The van der Waals surface area contributed by atoms with Crippen LogP contribution in [-0.4, -0.2) is 25.3 Å². The van der Waals surface area contributed by atoms with Crippen LogP contribution in [0, 0.1) is 0 Å². The zero-order valence-corrected chi connectivity index (χ0v) is 14.0. The summed E-state index contributed by atoms with van der Waals surface area (Å²) in [5.41, 5.74) is 2.55. The number of hydrogen-bond acceptors (Lipinski definition) is 5. The maximum Gasteiger partial charge on any atom is 0.257 e. The summed E-state index contributed by atoms with van der Waals surface area (Å²) in [7, 11) is 0. The van der Waals surface area contributed by atoms with Gasteiger partial charge in [-0.25, -0.2) is 4.98 Å². The van der Waals surface area contributed by atoms with Crippen molar-refractivity contribution in [3.8, 4) is 22.8 Å². The highest BCUT2D eigenvalue weighted by Gasteiger charge is 2.29. The largest absolute Gasteiger partial charge is 0.334 e. The van der Waals surface area contributed by atoms with Gasteiger partial charge < -0.3 is 4.52 Å². The third-order valence-electron chi connectivity index (χ3n) is 4.28. The summed E-state index contributed by atoms with van der Waals surface area (Å²) in [6, 6.07) is 17.9. The summed E-state index contributed by atoms with van der Waals surface area (Å²) in [6.45, 7) is 4.17. The van der Waals surface area contributed by atoms with Crippen molar-refractivity contribution in [2.45, 2.75) is 19.3 Å². The Kier molecular flexibility index (Phi) is 3.65. The van der Waals surface area contributed by atoms with Gasteiger partial charge in [-0.1, -0.05) is 47.6 Å². The Balaban J connectivity index is 1.69. The lowest BCUT2D eigenvalue weighted by molar-refractivity contribution is 0.408. The summed E-state index contributed by atoms with van der Waals surface area (Å²) >= 11 is 0. The molecule has 0 aliphatic carbocycles. The van der Waals surface area contributed by atoms with Crippen LogP contribution in [0.25, 0.3) is 22.8 Å². The molecule has 0 amide bonds. The van der Waals surface area contributed by atoms with Gasteiger partial charge >= 0.3 is 0 Å². The minimum atomic E-state index is -0.342. The molecule has 0 radical (unpaired) electrons. The molecule has 25 heavy (non-hydrogen) atoms. The number of benzene rings is 2. The second-order valence-corrected chi connectivity index (χ2v) is 6.33. The van der Waals surface area contributed by atoms with Gasteiger partial charge in [-0.05, 0) is 31.5 Å². The maximum atomic E-state index is 5.52. The number of hydrogen-bond donors (Lipinski definition) is 1. The van der Waals surface area contributed by atoms with Crippen molar-refractivity contribution >= 4 is 0 Å². The normalized spacial score (nSPS) is 11.6. The summed E-state index contributed by atoms with van der Waals surface area (Å²) in [6.07, 6.45) is 1.48. The van der Waals surface area contributed by atoms with Crippen LogP contribution in [0.1, 0.15) is 25.2 Å². The monoisotopic (exact) mass is 331 g/mol. The molecule has 0 unspecified atom stereocenters. The first kappa shape index (κ1) is 15.3. The molecular formula is C19H17N5O. The van der Waals surface area contributed by atoms with Gasteiger partial charge in [0.1, 0.15) is 6.33 Å². The number of aromatic amines is 1. The average Bonchev–Trinajstić information content (AvgIpc) is 3.35. The molecule has 0 aliphatic heterocycles. The van der Waals surface area contributed by atoms with Crippen molar-refractivity contribution in [3.63, 3.8) is 0 Å². The molecule has 2 aromatic heterocycles. The molecule has 0 fully saturated rings. The number of nitrogens with one attached hydrogen (secondary N) is 1. The van der Waals surface area contributed by atoms with Crippen molar-refractivity contribution in [2.75, 3.05) is 0 Å². The van der Waals surface area contributed by atoms with Crippen LogP contribution in [0.5, 0.6) is 0 Å². The first-order chi connectivity index (χ1) is 12.1. The molecule has 2 heterocycles. The Hall–Kier alpha value is -3.28. The number of aromatic nitrogens is 5. The molecule has 4 rings (SSSR count). The van der Waals surface area contributed by atoms with Crippen LogP contribution in [0.15, 0.2) is 65.4 Å². The lowest BCUT2D eigenvalue weighted by atomic mass is 9.84. The minimum Gasteiger partial charge on any atom is -0.334 e. The van der Waals surface area contributed by atoms with E-state index in [-0.39, 0.29) is 5.41 Å². The van der Waals surface area contributed by atoms with E-state index in [1.807, 2.05) is 42.5 Å². The Morgan fingerprint density at radius 1 is 0.960 bits per heavy atom. The van der Waals surface area contributed by atoms with Crippen LogP contribution in [0.2, 0.25) is 0 Å². The molecule has 0 atom stereocenters. The van der Waals surface area contributed by atoms with E-state index in [2.05, 4.69) is 51.3 Å². The van der Waals surface area contributed by atoms with E-state index < -0.39 is 0 Å². The van der Waals surface area contributed by atoms with E-state index in [1.54, 1.807) is 0 Å². The SMILES string of the molecule is CC(C)(c1ccccc1)c1noc(-c2cccc(-c3ncn[nH]3)c2)n1. The van der Waals surface area contributed by atoms with Gasteiger partial charge in [-0.15, -0.1) is 0 Å². The lowest BCUT2D eigenvalue weighted by Gasteiger charge is -2.20. The molecule has 124 valence electrons. The third kappa shape index (κ3) is 2.82. The number of H-pyrrole nitrogens is 1. The van der Waals surface area contributed by atoms with Crippen LogP contribution in [-0.2, 0) is 5.41 Å². The molecule has 0 saturated heterocycles. The predicted octanol–water partition coefficient (Wildman–Crippen LogP) is 3.85. The van der Waals surface area contributed by atoms with E-state index in [1.165, 1.54) is 6.33 Å². The molecule has 1 N–H and O–H groups in total. The zero-order valence-electron chi connectivity index (χ0n) is 14.0. The van der Waals surface area contributed by atoms with Crippen molar-refractivity contribution in [1.29, 1.82) is 0 Å². The molecule has 2 aromatic carbocycles. The van der Waals surface area contributed by atoms with Crippen molar-refractivity contribution in [1.82, 2.24) is 25.3 Å². The second-order valence-electron chi connectivity index (χ2n) is 6.33. The van der Waals surface area contributed by atoms with Gasteiger partial charge in [0.15, 0.2) is 11.6 Å². The molecule has 0 bridgehead atoms. The van der Waals surface area contributed by atoms with Gasteiger partial charge in [-0.2, -0.15) is 10.1 Å². The Labute approximate surface area is 144 Å². The Morgan fingerprint density at radius 3 is 2.52 bits per heavy atom. The van der Waals surface area contributed by atoms with Gasteiger partial charge in [0.05, 0.1) is 5.41 Å². The predicted molar refractivity (Wildman–Crippen MR) is 93.7 cm³/mol. The highest BCUT2D eigenvalue weighted by atomic mass is 16.5. The van der Waals surface area contributed by atoms with Crippen molar-refractivity contribution < 1.29 is 4.52 Å². The molecular weight excluding hydrogens is 314 g/mol. The van der Waals surface area contributed by atoms with Crippen LogP contribution < -0.4 is 0 Å². The third-order valence-corrected chi connectivity index (χ3v) is 4.28. The minimum absolute atomic E-state index is 0.342. The van der Waals surface area contributed by atoms with Gasteiger partial charge in [0.25, 0.3) is 5.89 Å². The van der Waals surface area contributed by atoms with E-state index in [0.717, 1.165) is 16.7 Å². The van der Waals surface area contributed by atoms with E-state index >= 15 is 0 Å². The first-order valence-electron chi connectivity index (χ1n) is 8.00. The average molecular weight is 331 g/mol. The van der Waals surface area contributed by atoms with E-state index in [9.17, 15) is 0 Å². The molecule has 4 aromatic rings. The standard InChI is InChI=1S/C19H17N5O/c1-19(2,15-9-4-3-5-10-15)18-22-17(25-24-18)14-8-6-7-13(11-14)16-20-12-21-23-16/h3-12H,1-2H3,(H,20,21,23). The quantitative estimate of drug-likeness (QED) is 0.614. The van der Waals surface area contributed by atoms with E-state index in [0.29, 0.717) is 17.5 Å². The van der Waals surface area contributed by atoms with Gasteiger partial charge in [0.2, 0.25) is 0 Å². The fourth-order valence-electron chi connectivity index (χ4n) is 2.72. The topological polar surface area (TPSA) is 80.5 Å². The lowest BCUT2D eigenvalue weighted by Crippen LogP contribution is -2.20. The Bertz CT molecular complexity index is 974. The number of nitrogens with zero attached hydrogens (tertiary/aromatic N) is 4. The van der Waals surface area contributed by atoms with E-state index in [4.69, 9.17) is 4.52 Å². The van der Waals surface area contributed by atoms with Crippen molar-refractivity contribution in [3.05, 3.63) is 72.3 Å². The fraction of sp³-hybridized carbons (Fsp3) is 0.158. The molecule has 0 saturated carbocycles. The molecule has 6 nitrogen and oxygen atoms in total. The fourth-order valence-corrected chi connectivity index (χ4v) is 2.72. The van der Waals surface area contributed by atoms with Crippen LogP contribution in [0.3, 0.4) is 0 Å². The molecule has 6 heteroatoms. The van der Waals surface area contributed by atoms with Crippen LogP contribution >= 0.6 is 0 Å². The summed E-state index contributed by atoms with van der Waals surface area (Å²) in [5.74, 6) is 1.84. The van der Waals surface area contributed by atoms with Gasteiger partial charge in [-0.3, -0.25) is 5.10 Å². The Morgan fingerprint density at radius 2 is 1.76 bits per heavy atom. The van der Waals surface area contributed by atoms with Crippen LogP contribution in [0.4, 0.5) is 0 Å². The first-order valence-corrected chi connectivity index (χ1v) is 8.00. The summed E-state index contributed by atoms with van der Waals surface area (Å²) < 4.78 is 5.52. The molecule has 0 spiro atoms. The smallest absolute Gasteiger partial charge is 0.257 e. The molecule has 0 aliphatic rings. The second kappa shape index (κ2) is 5.98. The van der Waals surface area contributed by atoms with Crippen molar-refractivity contribution in [2.24, 2.45) is 0 Å². The van der Waals surface area contributed by atoms with Gasteiger partial charge in [0, 0.05) is 11.1 Å². The highest BCUT2D eigenvalue weighted by Crippen LogP contribution is 2.31. The number of rotatable bonds is 4. The maximum absolute atomic E-state index is 5.52. The zero-order chi connectivity index (χ0) is 17.3. The summed E-state index contributed by atoms with van der Waals surface area (Å²) in [4.78, 5) is 8.80. The highest BCUT2D eigenvalue weighted by molar-refractivity contribution is 5.64.